The summed E-state index contributed by atoms with van der Waals surface area (Å²) in [6.45, 7) is 5.36. The largest absolute Gasteiger partial charge is 0.395 e. The number of aliphatic hydroxyl groups excluding tert-OH is 1. The second-order valence-electron chi connectivity index (χ2n) is 6.46. The van der Waals surface area contributed by atoms with Crippen molar-refractivity contribution in [3.8, 4) is 0 Å². The van der Waals surface area contributed by atoms with Crippen LogP contribution in [0.4, 0.5) is 0 Å². The summed E-state index contributed by atoms with van der Waals surface area (Å²) < 4.78 is 0. The fourth-order valence-corrected chi connectivity index (χ4v) is 2.91. The average molecular weight is 257 g/mol. The summed E-state index contributed by atoms with van der Waals surface area (Å²) in [4.78, 5) is 4.59. The molecule has 2 unspecified atom stereocenters. The van der Waals surface area contributed by atoms with Crippen molar-refractivity contribution in [1.29, 1.82) is 0 Å². The average Bonchev–Trinajstić information content (AvgIpc) is 2.23. The van der Waals surface area contributed by atoms with E-state index in [2.05, 4.69) is 44.8 Å². The summed E-state index contributed by atoms with van der Waals surface area (Å²) in [6, 6.07) is 0.0849. The van der Waals surface area contributed by atoms with E-state index in [9.17, 15) is 5.11 Å². The highest BCUT2D eigenvalue weighted by molar-refractivity contribution is 4.99. The molecule has 0 heterocycles. The molecule has 108 valence electrons. The molecular formula is C14H31N3O. The van der Waals surface area contributed by atoms with Gasteiger partial charge in [-0.3, -0.25) is 4.90 Å². The van der Waals surface area contributed by atoms with Crippen LogP contribution in [0, 0.1) is 5.92 Å². The molecule has 0 amide bonds. The molecular weight excluding hydrogens is 226 g/mol. The van der Waals surface area contributed by atoms with E-state index in [0.29, 0.717) is 11.5 Å². The zero-order chi connectivity index (χ0) is 13.9. The van der Waals surface area contributed by atoms with E-state index in [1.807, 2.05) is 0 Å². The van der Waals surface area contributed by atoms with Crippen LogP contribution in [0.3, 0.4) is 0 Å². The quantitative estimate of drug-likeness (QED) is 0.706. The molecule has 1 fully saturated rings. The van der Waals surface area contributed by atoms with Crippen LogP contribution in [0.15, 0.2) is 0 Å². The number of likely N-dealkylation sites (N-methyl/N-ethyl adjacent to an activating group) is 2. The van der Waals surface area contributed by atoms with Crippen LogP contribution in [-0.2, 0) is 0 Å². The molecule has 0 aliphatic heterocycles. The Labute approximate surface area is 112 Å². The van der Waals surface area contributed by atoms with Gasteiger partial charge in [0.1, 0.15) is 0 Å². The Hall–Kier alpha value is -0.160. The number of hydrogen-bond acceptors (Lipinski definition) is 4. The van der Waals surface area contributed by atoms with Crippen LogP contribution in [0.5, 0.6) is 0 Å². The normalized spacial score (nSPS) is 22.3. The molecule has 1 aliphatic rings. The van der Waals surface area contributed by atoms with Crippen molar-refractivity contribution in [3.05, 3.63) is 0 Å². The molecule has 3 N–H and O–H groups in total. The summed E-state index contributed by atoms with van der Waals surface area (Å²) in [6.07, 6.45) is 3.81. The lowest BCUT2D eigenvalue weighted by Gasteiger charge is -2.51. The van der Waals surface area contributed by atoms with Gasteiger partial charge in [0.2, 0.25) is 0 Å². The number of hydrogen-bond donors (Lipinski definition) is 2. The third-order valence-electron chi connectivity index (χ3n) is 4.74. The molecule has 0 aromatic heterocycles. The Balaban J connectivity index is 2.64. The van der Waals surface area contributed by atoms with Crippen molar-refractivity contribution in [3.63, 3.8) is 0 Å². The van der Waals surface area contributed by atoms with Gasteiger partial charge in [-0.2, -0.15) is 0 Å². The predicted molar refractivity (Wildman–Crippen MR) is 76.6 cm³/mol. The maximum atomic E-state index is 9.61. The van der Waals surface area contributed by atoms with E-state index >= 15 is 0 Å². The third-order valence-corrected chi connectivity index (χ3v) is 4.74. The van der Waals surface area contributed by atoms with Crippen molar-refractivity contribution < 1.29 is 5.11 Å². The standard InChI is InChI=1S/C14H31N3O/c1-11(2)13(15)12(9-18)17(5)10-14(16(3)4)7-6-8-14/h11-13,18H,6-10,15H2,1-5H3. The highest BCUT2D eigenvalue weighted by Gasteiger charge is 2.41. The molecule has 0 aromatic carbocycles. The van der Waals surface area contributed by atoms with Crippen molar-refractivity contribution in [2.75, 3.05) is 34.3 Å². The van der Waals surface area contributed by atoms with Gasteiger partial charge in [0, 0.05) is 24.2 Å². The zero-order valence-electron chi connectivity index (χ0n) is 12.7. The van der Waals surface area contributed by atoms with Crippen molar-refractivity contribution in [2.24, 2.45) is 11.7 Å². The summed E-state index contributed by atoms with van der Waals surface area (Å²) in [7, 11) is 6.40. The van der Waals surface area contributed by atoms with Gasteiger partial charge in [0.05, 0.1) is 6.61 Å². The van der Waals surface area contributed by atoms with E-state index < -0.39 is 0 Å². The summed E-state index contributed by atoms with van der Waals surface area (Å²) in [5.41, 5.74) is 6.50. The first-order chi connectivity index (χ1) is 8.34. The van der Waals surface area contributed by atoms with Crippen LogP contribution >= 0.6 is 0 Å². The van der Waals surface area contributed by atoms with Crippen LogP contribution in [0.25, 0.3) is 0 Å². The number of nitrogens with two attached hydrogens (primary N) is 1. The minimum Gasteiger partial charge on any atom is -0.395 e. The highest BCUT2D eigenvalue weighted by atomic mass is 16.3. The number of rotatable bonds is 7. The lowest BCUT2D eigenvalue weighted by molar-refractivity contribution is 0.000338. The molecule has 4 nitrogen and oxygen atoms in total. The van der Waals surface area contributed by atoms with E-state index in [0.717, 1.165) is 6.54 Å². The molecule has 4 heteroatoms. The monoisotopic (exact) mass is 257 g/mol. The minimum atomic E-state index is 0.0271. The van der Waals surface area contributed by atoms with Gasteiger partial charge in [-0.05, 0) is 46.3 Å². The van der Waals surface area contributed by atoms with Gasteiger partial charge < -0.3 is 15.7 Å². The fourth-order valence-electron chi connectivity index (χ4n) is 2.91. The molecule has 0 aromatic rings. The molecule has 0 spiro atoms. The van der Waals surface area contributed by atoms with E-state index in [1.165, 1.54) is 19.3 Å². The fraction of sp³-hybridized carbons (Fsp3) is 1.00. The molecule has 1 saturated carbocycles. The Morgan fingerprint density at radius 2 is 1.78 bits per heavy atom. The van der Waals surface area contributed by atoms with Crippen LogP contribution in [0.1, 0.15) is 33.1 Å². The van der Waals surface area contributed by atoms with Gasteiger partial charge in [-0.15, -0.1) is 0 Å². The predicted octanol–water partition coefficient (Wildman–Crippen LogP) is 0.747. The minimum absolute atomic E-state index is 0.0271. The van der Waals surface area contributed by atoms with E-state index in [4.69, 9.17) is 5.73 Å². The number of nitrogens with zero attached hydrogens (tertiary/aromatic N) is 2. The van der Waals surface area contributed by atoms with E-state index in [1.54, 1.807) is 0 Å². The van der Waals surface area contributed by atoms with Gasteiger partial charge >= 0.3 is 0 Å². The molecule has 18 heavy (non-hydrogen) atoms. The molecule has 0 bridgehead atoms. The Bertz CT molecular complexity index is 251. The zero-order valence-corrected chi connectivity index (χ0v) is 12.7. The van der Waals surface area contributed by atoms with Crippen LogP contribution in [0.2, 0.25) is 0 Å². The second kappa shape index (κ2) is 6.33. The lowest BCUT2D eigenvalue weighted by atomic mass is 9.75. The SMILES string of the molecule is CC(C)C(N)C(CO)N(C)CC1(N(C)C)CCC1. The summed E-state index contributed by atoms with van der Waals surface area (Å²) in [5.74, 6) is 0.390. The number of aliphatic hydroxyl groups is 1. The van der Waals surface area contributed by atoms with Gasteiger partial charge in [0.25, 0.3) is 0 Å². The maximum absolute atomic E-state index is 9.61. The summed E-state index contributed by atoms with van der Waals surface area (Å²) >= 11 is 0. The maximum Gasteiger partial charge on any atom is 0.0601 e. The summed E-state index contributed by atoms with van der Waals surface area (Å²) in [5, 5.41) is 9.61. The first kappa shape index (κ1) is 15.9. The van der Waals surface area contributed by atoms with Crippen molar-refractivity contribution in [1.82, 2.24) is 9.80 Å². The molecule has 1 rings (SSSR count). The van der Waals surface area contributed by atoms with Crippen molar-refractivity contribution >= 4 is 0 Å². The van der Waals surface area contributed by atoms with Gasteiger partial charge in [-0.25, -0.2) is 0 Å². The second-order valence-corrected chi connectivity index (χ2v) is 6.46. The third kappa shape index (κ3) is 3.23. The van der Waals surface area contributed by atoms with Gasteiger partial charge in [0.15, 0.2) is 0 Å². The van der Waals surface area contributed by atoms with Crippen molar-refractivity contribution in [2.45, 2.75) is 50.7 Å². The Morgan fingerprint density at radius 1 is 1.22 bits per heavy atom. The van der Waals surface area contributed by atoms with Crippen LogP contribution < -0.4 is 5.73 Å². The first-order valence-corrected chi connectivity index (χ1v) is 7.08. The first-order valence-electron chi connectivity index (χ1n) is 7.08. The van der Waals surface area contributed by atoms with Gasteiger partial charge in [-0.1, -0.05) is 13.8 Å². The topological polar surface area (TPSA) is 52.7 Å². The molecule has 0 radical (unpaired) electrons. The molecule has 0 saturated heterocycles. The lowest BCUT2D eigenvalue weighted by Crippen LogP contribution is -2.61. The smallest absolute Gasteiger partial charge is 0.0601 e. The molecule has 2 atom stereocenters. The van der Waals surface area contributed by atoms with Crippen LogP contribution in [-0.4, -0.2) is 66.8 Å². The highest BCUT2D eigenvalue weighted by Crippen LogP contribution is 2.37. The Morgan fingerprint density at radius 3 is 2.06 bits per heavy atom. The Kier molecular flexibility index (Phi) is 5.59. The molecule has 1 aliphatic carbocycles. The van der Waals surface area contributed by atoms with E-state index in [-0.39, 0.29) is 18.7 Å².